The molecule has 0 radical (unpaired) electrons. The number of carbonyl (C=O) groups excluding carboxylic acids is 3. The molecule has 2 heterocycles. The van der Waals surface area contributed by atoms with Crippen LogP contribution in [0.25, 0.3) is 0 Å². The predicted octanol–water partition coefficient (Wildman–Crippen LogP) is 2.18. The fourth-order valence-electron chi connectivity index (χ4n) is 7.38. The number of aromatic hydroxyl groups is 1. The van der Waals surface area contributed by atoms with E-state index in [1.807, 2.05) is 0 Å². The monoisotopic (exact) mass is 824 g/mol. The van der Waals surface area contributed by atoms with Crippen molar-refractivity contribution in [1.29, 1.82) is 0 Å². The second kappa shape index (κ2) is 19.3. The van der Waals surface area contributed by atoms with Gasteiger partial charge in [0.05, 0.1) is 30.6 Å². The van der Waals surface area contributed by atoms with Crippen LogP contribution in [0.15, 0.2) is 48.7 Å². The normalized spacial score (nSPS) is 24.4. The molecule has 18 heteroatoms. The lowest BCUT2D eigenvalue weighted by molar-refractivity contribution is -0.314. The summed E-state index contributed by atoms with van der Waals surface area (Å²) in [5.41, 5.74) is 1.79. The van der Waals surface area contributed by atoms with Gasteiger partial charge in [0.15, 0.2) is 0 Å². The van der Waals surface area contributed by atoms with Gasteiger partial charge in [-0.3, -0.25) is 9.59 Å². The van der Waals surface area contributed by atoms with Gasteiger partial charge in [-0.2, -0.15) is 0 Å². The molecule has 322 valence electrons. The Bertz CT molecular complexity index is 1910. The molecule has 3 amide bonds. The number of phenolic OH excluding ortho intramolecular Hbond substituents is 1. The van der Waals surface area contributed by atoms with Gasteiger partial charge in [-0.1, -0.05) is 35.5 Å². The largest absolute Gasteiger partial charge is 0.507 e. The summed E-state index contributed by atoms with van der Waals surface area (Å²) < 4.78 is 18.4. The van der Waals surface area contributed by atoms with Crippen molar-refractivity contribution in [3.05, 3.63) is 76.6 Å². The number of hydrogen-bond donors (Lipinski definition) is 8. The highest BCUT2D eigenvalue weighted by molar-refractivity contribution is 5.95. The number of aromatic nitrogens is 3. The van der Waals surface area contributed by atoms with Crippen molar-refractivity contribution in [2.75, 3.05) is 13.1 Å². The van der Waals surface area contributed by atoms with E-state index in [2.05, 4.69) is 26.3 Å². The highest BCUT2D eigenvalue weighted by Crippen LogP contribution is 2.36. The Morgan fingerprint density at radius 3 is 2.31 bits per heavy atom. The second-order valence-electron chi connectivity index (χ2n) is 16.4. The van der Waals surface area contributed by atoms with E-state index in [4.69, 9.17) is 14.2 Å². The number of nitrogens with zero attached hydrogens (tertiary/aromatic N) is 3. The molecule has 8 N–H and O–H groups in total. The summed E-state index contributed by atoms with van der Waals surface area (Å²) in [5, 5.41) is 70.9. The van der Waals surface area contributed by atoms with Gasteiger partial charge in [-0.25, -0.2) is 14.3 Å². The van der Waals surface area contributed by atoms with Crippen LogP contribution in [-0.2, 0) is 37.0 Å². The van der Waals surface area contributed by atoms with Gasteiger partial charge in [0.1, 0.15) is 30.1 Å². The Labute approximate surface area is 342 Å². The second-order valence-corrected chi connectivity index (χ2v) is 16.4. The molecule has 6 atom stereocenters. The van der Waals surface area contributed by atoms with Gasteiger partial charge in [-0.05, 0) is 95.0 Å². The summed E-state index contributed by atoms with van der Waals surface area (Å²) in [7, 11) is 0. The van der Waals surface area contributed by atoms with Crippen LogP contribution in [0.4, 0.5) is 4.79 Å². The first kappa shape index (κ1) is 45.0. The number of aliphatic carboxylic acids is 1. The lowest BCUT2D eigenvalue weighted by atomic mass is 9.81. The number of phenols is 1. The fraction of sp³-hybridized carbons (Fsp3) is 0.561. The number of hydrogen-bond acceptors (Lipinski definition) is 13. The molecule has 1 saturated carbocycles. The molecule has 59 heavy (non-hydrogen) atoms. The number of aliphatic hydroxyl groups excluding tert-OH is 3. The van der Waals surface area contributed by atoms with E-state index in [1.54, 1.807) is 71.1 Å². The molecule has 1 aromatic heterocycles. The molecule has 0 spiro atoms. The number of aryl methyl sites for hydroxylation is 2. The van der Waals surface area contributed by atoms with Crippen LogP contribution < -0.4 is 16.0 Å². The van der Waals surface area contributed by atoms with Crippen molar-refractivity contribution in [3.63, 3.8) is 0 Å². The third-order valence-corrected chi connectivity index (χ3v) is 10.6. The van der Waals surface area contributed by atoms with Crippen molar-refractivity contribution in [3.8, 4) is 5.75 Å². The SMILES string of the molecule is Cc1cc(C(=O)NC[C@@H](O)[C@@H](O)C2OC(OCc3ccccc3)(C(=O)O)CC(O)C2NC(=O)Cn2cc(C3CCC(CNC(=O)OC(C)(C)C)CC3)nn2)cc(C)c1O. The van der Waals surface area contributed by atoms with Crippen LogP contribution in [0.2, 0.25) is 0 Å². The summed E-state index contributed by atoms with van der Waals surface area (Å²) in [4.78, 5) is 51.3. The number of alkyl carbamates (subject to hydrolysis) is 1. The number of carboxylic acid groups (broad SMARTS) is 1. The van der Waals surface area contributed by atoms with Gasteiger partial charge < -0.3 is 55.7 Å². The van der Waals surface area contributed by atoms with E-state index in [-0.39, 0.29) is 36.3 Å². The number of carbonyl (C=O) groups is 4. The van der Waals surface area contributed by atoms with Crippen LogP contribution in [0.1, 0.15) is 91.5 Å². The summed E-state index contributed by atoms with van der Waals surface area (Å²) in [5.74, 6) is -5.03. The first-order valence-corrected chi connectivity index (χ1v) is 19.7. The van der Waals surface area contributed by atoms with Crippen LogP contribution in [0, 0.1) is 19.8 Å². The Hall–Kier alpha value is -5.14. The van der Waals surface area contributed by atoms with E-state index < -0.39 is 78.7 Å². The Morgan fingerprint density at radius 1 is 1.02 bits per heavy atom. The van der Waals surface area contributed by atoms with E-state index in [0.29, 0.717) is 28.9 Å². The number of aliphatic hydroxyl groups is 3. The molecule has 18 nitrogen and oxygen atoms in total. The van der Waals surface area contributed by atoms with E-state index in [9.17, 15) is 44.7 Å². The van der Waals surface area contributed by atoms with Crippen molar-refractivity contribution in [2.24, 2.45) is 5.92 Å². The highest BCUT2D eigenvalue weighted by Gasteiger charge is 2.56. The molecule has 2 aliphatic rings. The van der Waals surface area contributed by atoms with Gasteiger partial charge in [-0.15, -0.1) is 5.10 Å². The minimum Gasteiger partial charge on any atom is -0.507 e. The number of ether oxygens (including phenoxy) is 3. The smallest absolute Gasteiger partial charge is 0.407 e. The molecule has 5 rings (SSSR count). The number of nitrogens with one attached hydrogen (secondary N) is 3. The number of carboxylic acids is 1. The van der Waals surface area contributed by atoms with Crippen LogP contribution in [0.3, 0.4) is 0 Å². The van der Waals surface area contributed by atoms with Gasteiger partial charge in [0.2, 0.25) is 5.91 Å². The molecule has 1 saturated heterocycles. The molecule has 4 unspecified atom stereocenters. The number of benzene rings is 2. The van der Waals surface area contributed by atoms with E-state index >= 15 is 0 Å². The molecule has 1 aliphatic carbocycles. The summed E-state index contributed by atoms with van der Waals surface area (Å²) in [6.07, 6.45) is -3.34. The average Bonchev–Trinajstić information content (AvgIpc) is 3.65. The first-order valence-electron chi connectivity index (χ1n) is 19.7. The third kappa shape index (κ3) is 12.0. The lowest BCUT2D eigenvalue weighted by Gasteiger charge is -2.46. The lowest BCUT2D eigenvalue weighted by Crippen LogP contribution is -2.68. The van der Waals surface area contributed by atoms with Gasteiger partial charge >= 0.3 is 12.1 Å². The summed E-state index contributed by atoms with van der Waals surface area (Å²) in [6, 6.07) is 10.1. The van der Waals surface area contributed by atoms with Crippen molar-refractivity contribution < 1.29 is 58.9 Å². The third-order valence-electron chi connectivity index (χ3n) is 10.6. The van der Waals surface area contributed by atoms with Crippen LogP contribution in [0.5, 0.6) is 5.75 Å². The predicted molar refractivity (Wildman–Crippen MR) is 210 cm³/mol. The van der Waals surface area contributed by atoms with Gasteiger partial charge in [0, 0.05) is 37.2 Å². The summed E-state index contributed by atoms with van der Waals surface area (Å²) >= 11 is 0. The van der Waals surface area contributed by atoms with Crippen molar-refractivity contribution >= 4 is 23.9 Å². The minimum atomic E-state index is -2.50. The number of amides is 3. The molecular weight excluding hydrogens is 768 g/mol. The zero-order chi connectivity index (χ0) is 43.1. The summed E-state index contributed by atoms with van der Waals surface area (Å²) in [6.45, 7) is 8.02. The maximum Gasteiger partial charge on any atom is 0.407 e. The van der Waals surface area contributed by atoms with E-state index in [0.717, 1.165) is 25.7 Å². The van der Waals surface area contributed by atoms with Gasteiger partial charge in [0.25, 0.3) is 11.7 Å². The maximum atomic E-state index is 13.5. The molecule has 0 bridgehead atoms. The van der Waals surface area contributed by atoms with Crippen molar-refractivity contribution in [1.82, 2.24) is 30.9 Å². The standard InChI is InChI=1S/C41H56N6O12/c1-23-15-28(16-24(2)34(23)51)37(53)42-19-31(49)35(52)36-33(30(48)17-41(58-36,38(54)55)57-22-26-9-7-6-8-10-26)44-32(50)21-47-20-29(45-46-47)27-13-11-25(12-14-27)18-43-39(56)59-40(3,4)5/h6-10,15-16,20,25,27,30-31,33,35-36,48-49,51-52H,11-14,17-19,21-22H2,1-5H3,(H,42,53)(H,43,56)(H,44,50)(H,54,55)/t25?,27?,30?,31-,33?,35-,36?,41?/m1/s1. The Balaban J connectivity index is 1.25. The first-order chi connectivity index (χ1) is 27.8. The fourth-order valence-corrected chi connectivity index (χ4v) is 7.38. The minimum absolute atomic E-state index is 0.0314. The Morgan fingerprint density at radius 2 is 1.68 bits per heavy atom. The van der Waals surface area contributed by atoms with Crippen molar-refractivity contribution in [2.45, 2.75) is 128 Å². The Kier molecular flexibility index (Phi) is 14.7. The van der Waals surface area contributed by atoms with Crippen LogP contribution >= 0.6 is 0 Å². The molecule has 3 aromatic rings. The van der Waals surface area contributed by atoms with E-state index in [1.165, 1.54) is 16.8 Å². The topological polar surface area (TPSA) is 264 Å². The number of rotatable bonds is 15. The molecule has 2 aromatic carbocycles. The van der Waals surface area contributed by atoms with Crippen LogP contribution in [-0.4, -0.2) is 119 Å². The molecular formula is C41H56N6O12. The zero-order valence-corrected chi connectivity index (χ0v) is 34.0. The average molecular weight is 825 g/mol. The maximum absolute atomic E-state index is 13.5. The highest BCUT2D eigenvalue weighted by atomic mass is 16.7. The quantitative estimate of drug-likeness (QED) is 0.109. The zero-order valence-electron chi connectivity index (χ0n) is 34.0. The molecule has 2 fully saturated rings. The molecule has 1 aliphatic heterocycles.